The number of halogens is 1. The van der Waals surface area contributed by atoms with Crippen molar-refractivity contribution in [2.75, 3.05) is 33.2 Å². The summed E-state index contributed by atoms with van der Waals surface area (Å²) in [6.07, 6.45) is 0.737. The number of amides is 2. The van der Waals surface area contributed by atoms with Crippen molar-refractivity contribution in [2.45, 2.75) is 37.8 Å². The van der Waals surface area contributed by atoms with Crippen LogP contribution in [0.25, 0.3) is 0 Å². The van der Waals surface area contributed by atoms with Gasteiger partial charge in [0, 0.05) is 32.1 Å². The third-order valence-electron chi connectivity index (χ3n) is 5.64. The summed E-state index contributed by atoms with van der Waals surface area (Å²) in [6, 6.07) is 5.79. The average Bonchev–Trinajstić information content (AvgIpc) is 2.72. The van der Waals surface area contributed by atoms with Gasteiger partial charge in [0.05, 0.1) is 18.6 Å². The fraction of sp³-hybridized carbons (Fsp3) is 0.571. The van der Waals surface area contributed by atoms with Crippen LogP contribution in [-0.4, -0.2) is 83.7 Å². The first-order chi connectivity index (χ1) is 14.3. The number of aliphatic hydroxyl groups is 1. The summed E-state index contributed by atoms with van der Waals surface area (Å²) >= 11 is 0. The molecule has 1 aromatic carbocycles. The Morgan fingerprint density at radius 3 is 2.43 bits per heavy atom. The monoisotopic (exact) mass is 423 g/mol. The van der Waals surface area contributed by atoms with Gasteiger partial charge in [-0.25, -0.2) is 4.39 Å². The molecule has 1 aromatic rings. The minimum atomic E-state index is -0.760. The number of hydrogen-bond donors (Lipinski definition) is 3. The second-order valence-electron chi connectivity index (χ2n) is 7.75. The van der Waals surface area contributed by atoms with E-state index in [1.807, 2.05) is 11.9 Å². The van der Waals surface area contributed by atoms with Gasteiger partial charge in [-0.3, -0.25) is 14.4 Å². The third kappa shape index (κ3) is 6.77. The zero-order valence-corrected chi connectivity index (χ0v) is 17.2. The average molecular weight is 423 g/mol. The summed E-state index contributed by atoms with van der Waals surface area (Å²) in [5.74, 6) is -0.802. The van der Waals surface area contributed by atoms with Crippen molar-refractivity contribution in [2.24, 2.45) is 5.92 Å². The molecule has 1 saturated carbocycles. The van der Waals surface area contributed by atoms with Gasteiger partial charge < -0.3 is 25.3 Å². The normalized spacial score (nSPS) is 24.4. The molecule has 2 amide bonds. The smallest absolute Gasteiger partial charge is 0.290 e. The van der Waals surface area contributed by atoms with E-state index in [-0.39, 0.29) is 36.7 Å². The van der Waals surface area contributed by atoms with Gasteiger partial charge >= 0.3 is 0 Å². The molecular weight excluding hydrogens is 393 g/mol. The van der Waals surface area contributed by atoms with Crippen LogP contribution in [0.15, 0.2) is 24.3 Å². The Hall–Kier alpha value is -2.52. The number of carbonyl (C=O) groups is 3. The molecule has 166 valence electrons. The highest BCUT2D eigenvalue weighted by molar-refractivity contribution is 5.80. The predicted molar refractivity (Wildman–Crippen MR) is 108 cm³/mol. The van der Waals surface area contributed by atoms with Crippen LogP contribution in [0.3, 0.4) is 0 Å². The van der Waals surface area contributed by atoms with E-state index in [0.29, 0.717) is 24.8 Å². The predicted octanol–water partition coefficient (Wildman–Crippen LogP) is 0.489. The van der Waals surface area contributed by atoms with Gasteiger partial charge in [-0.15, -0.1) is 0 Å². The van der Waals surface area contributed by atoms with Gasteiger partial charge in [0.15, 0.2) is 0 Å². The first kappa shape index (κ1) is 23.8. The van der Waals surface area contributed by atoms with E-state index in [2.05, 4.69) is 10.2 Å². The first-order valence-electron chi connectivity index (χ1n) is 10.1. The fourth-order valence-electron chi connectivity index (χ4n) is 3.90. The zero-order valence-electron chi connectivity index (χ0n) is 17.2. The summed E-state index contributed by atoms with van der Waals surface area (Å²) in [5.41, 5.74) is 0.337. The molecule has 0 spiro atoms. The summed E-state index contributed by atoms with van der Waals surface area (Å²) in [4.78, 5) is 37.3. The SMILES string of the molecule is CN1CCN(C(=O)[C@H]2CC[C@@H](NC(=O)Cc3ccccc3F)[C@H](O)C2)CC1.O=CO. The van der Waals surface area contributed by atoms with Crippen LogP contribution < -0.4 is 5.32 Å². The maximum Gasteiger partial charge on any atom is 0.290 e. The second-order valence-corrected chi connectivity index (χ2v) is 7.75. The molecule has 1 heterocycles. The van der Waals surface area contributed by atoms with Crippen LogP contribution in [0.4, 0.5) is 4.39 Å². The lowest BCUT2D eigenvalue weighted by Crippen LogP contribution is -2.52. The van der Waals surface area contributed by atoms with Crippen LogP contribution in [0.5, 0.6) is 0 Å². The lowest BCUT2D eigenvalue weighted by molar-refractivity contribution is -0.140. The quantitative estimate of drug-likeness (QED) is 0.608. The number of carboxylic acid groups (broad SMARTS) is 1. The Bertz CT molecular complexity index is 724. The van der Waals surface area contributed by atoms with Gasteiger partial charge in [0.25, 0.3) is 6.47 Å². The number of carbonyl (C=O) groups excluding carboxylic acids is 2. The van der Waals surface area contributed by atoms with Crippen LogP contribution in [0.1, 0.15) is 24.8 Å². The number of aliphatic hydroxyl groups excluding tert-OH is 1. The van der Waals surface area contributed by atoms with E-state index in [0.717, 1.165) is 26.2 Å². The van der Waals surface area contributed by atoms with Crippen molar-refractivity contribution in [1.82, 2.24) is 15.1 Å². The molecule has 3 N–H and O–H groups in total. The van der Waals surface area contributed by atoms with E-state index >= 15 is 0 Å². The third-order valence-corrected chi connectivity index (χ3v) is 5.64. The molecule has 1 aliphatic heterocycles. The van der Waals surface area contributed by atoms with E-state index in [9.17, 15) is 19.1 Å². The maximum atomic E-state index is 13.7. The first-order valence-corrected chi connectivity index (χ1v) is 10.1. The van der Waals surface area contributed by atoms with Gasteiger partial charge in [-0.1, -0.05) is 18.2 Å². The second kappa shape index (κ2) is 11.6. The molecule has 1 aliphatic carbocycles. The Balaban J connectivity index is 0.00000101. The van der Waals surface area contributed by atoms with Gasteiger partial charge in [0.1, 0.15) is 5.82 Å². The molecule has 2 fully saturated rings. The highest BCUT2D eigenvalue weighted by atomic mass is 19.1. The Morgan fingerprint density at radius 2 is 1.83 bits per heavy atom. The van der Waals surface area contributed by atoms with Crippen molar-refractivity contribution in [1.29, 1.82) is 0 Å². The molecular formula is C21H30FN3O5. The largest absolute Gasteiger partial charge is 0.483 e. The molecule has 3 atom stereocenters. The number of rotatable bonds is 4. The summed E-state index contributed by atoms with van der Waals surface area (Å²) in [6.45, 7) is 2.95. The molecule has 0 bridgehead atoms. The number of hydrogen-bond acceptors (Lipinski definition) is 5. The summed E-state index contributed by atoms with van der Waals surface area (Å²) in [7, 11) is 2.04. The van der Waals surface area contributed by atoms with Gasteiger partial charge in [0.2, 0.25) is 11.8 Å². The summed E-state index contributed by atoms with van der Waals surface area (Å²) < 4.78 is 13.7. The van der Waals surface area contributed by atoms with Gasteiger partial charge in [-0.2, -0.15) is 0 Å². The van der Waals surface area contributed by atoms with Crippen LogP contribution in [0, 0.1) is 11.7 Å². The molecule has 0 unspecified atom stereocenters. The van der Waals surface area contributed by atoms with E-state index < -0.39 is 11.9 Å². The standard InChI is InChI=1S/C20H28FN3O3.CH2O2/c1-23-8-10-24(11-9-23)20(27)15-6-7-17(18(25)12-15)22-19(26)13-14-4-2-3-5-16(14)21;2-1-3/h2-5,15,17-18,25H,6-13H2,1H3,(H,22,26);1H,(H,2,3)/t15-,17+,18+;/m0./s1. The lowest BCUT2D eigenvalue weighted by Gasteiger charge is -2.38. The number of benzene rings is 1. The highest BCUT2D eigenvalue weighted by Gasteiger charge is 2.36. The molecule has 9 heteroatoms. The lowest BCUT2D eigenvalue weighted by atomic mass is 9.83. The molecule has 8 nitrogen and oxygen atoms in total. The van der Waals surface area contributed by atoms with Crippen LogP contribution in [0.2, 0.25) is 0 Å². The fourth-order valence-corrected chi connectivity index (χ4v) is 3.90. The minimum absolute atomic E-state index is 0.0560. The molecule has 1 saturated heterocycles. The molecule has 2 aliphatic rings. The number of piperazine rings is 1. The van der Waals surface area contributed by atoms with E-state index in [1.165, 1.54) is 6.07 Å². The van der Waals surface area contributed by atoms with E-state index in [1.54, 1.807) is 18.2 Å². The maximum absolute atomic E-state index is 13.7. The van der Waals surface area contributed by atoms with Crippen molar-refractivity contribution >= 4 is 18.3 Å². The minimum Gasteiger partial charge on any atom is -0.483 e. The Kier molecular flexibility index (Phi) is 9.19. The van der Waals surface area contributed by atoms with Crippen molar-refractivity contribution < 1.29 is 29.0 Å². The topological polar surface area (TPSA) is 110 Å². The highest BCUT2D eigenvalue weighted by Crippen LogP contribution is 2.27. The summed E-state index contributed by atoms with van der Waals surface area (Å²) in [5, 5.41) is 20.1. The van der Waals surface area contributed by atoms with E-state index in [4.69, 9.17) is 9.90 Å². The number of likely N-dealkylation sites (N-methyl/N-ethyl adjacent to an activating group) is 1. The van der Waals surface area contributed by atoms with Crippen molar-refractivity contribution in [3.05, 3.63) is 35.6 Å². The van der Waals surface area contributed by atoms with Crippen molar-refractivity contribution in [3.8, 4) is 0 Å². The Labute approximate surface area is 175 Å². The molecule has 3 rings (SSSR count). The van der Waals surface area contributed by atoms with Crippen LogP contribution in [-0.2, 0) is 20.8 Å². The van der Waals surface area contributed by atoms with Gasteiger partial charge in [-0.05, 0) is 37.9 Å². The zero-order chi connectivity index (χ0) is 22.1. The van der Waals surface area contributed by atoms with Crippen molar-refractivity contribution in [3.63, 3.8) is 0 Å². The molecule has 0 aromatic heterocycles. The molecule has 30 heavy (non-hydrogen) atoms. The van der Waals surface area contributed by atoms with Crippen LogP contribution >= 0.6 is 0 Å². The number of nitrogens with one attached hydrogen (secondary N) is 1. The molecule has 0 radical (unpaired) electrons. The number of nitrogens with zero attached hydrogens (tertiary/aromatic N) is 2. The Morgan fingerprint density at radius 1 is 1.20 bits per heavy atom.